The van der Waals surface area contributed by atoms with E-state index in [0.29, 0.717) is 5.56 Å². The summed E-state index contributed by atoms with van der Waals surface area (Å²) >= 11 is -0.399. The lowest BCUT2D eigenvalue weighted by molar-refractivity contribution is -0.142. The zero-order valence-corrected chi connectivity index (χ0v) is 12.1. The lowest BCUT2D eigenvalue weighted by atomic mass is 10.1. The fourth-order valence-electron chi connectivity index (χ4n) is 1.60. The zero-order valence-electron chi connectivity index (χ0n) is 11.3. The summed E-state index contributed by atoms with van der Waals surface area (Å²) in [6.07, 6.45) is -0.178. The quantitative estimate of drug-likeness (QED) is 0.616. The number of benzene rings is 1. The van der Waals surface area contributed by atoms with Crippen LogP contribution in [0.5, 0.6) is 5.75 Å². The fraction of sp³-hybridized carbons (Fsp3) is 0.385. The van der Waals surface area contributed by atoms with Crippen molar-refractivity contribution in [3.05, 3.63) is 23.3 Å². The Morgan fingerprint density at radius 3 is 2.57 bits per heavy atom. The molecule has 1 rings (SSSR count). The molecule has 0 aliphatic heterocycles. The molecule has 0 bridgehead atoms. The van der Waals surface area contributed by atoms with Crippen LogP contribution in [0, 0.1) is 11.3 Å². The normalized spacial score (nSPS) is 10.9. The first kappa shape index (κ1) is 17.2. The average Bonchev–Trinajstić information content (AvgIpc) is 2.38. The number of esters is 1. The minimum atomic E-state index is -4.51. The second-order valence-electron chi connectivity index (χ2n) is 3.80. The number of rotatable bonds is 5. The molecule has 0 fully saturated rings. The first-order valence-corrected chi connectivity index (χ1v) is 6.64. The summed E-state index contributed by atoms with van der Waals surface area (Å²) in [6.45, 7) is 1.83. The van der Waals surface area contributed by atoms with E-state index in [9.17, 15) is 18.0 Å². The Kier molecular flexibility index (Phi) is 5.90. The van der Waals surface area contributed by atoms with Gasteiger partial charge in [0.25, 0.3) is 0 Å². The molecule has 0 saturated heterocycles. The molecule has 0 aliphatic rings. The van der Waals surface area contributed by atoms with Gasteiger partial charge in [0.05, 0.1) is 25.7 Å². The van der Waals surface area contributed by atoms with Crippen LogP contribution in [-0.2, 0) is 16.0 Å². The highest BCUT2D eigenvalue weighted by atomic mass is 32.2. The maximum absolute atomic E-state index is 12.4. The van der Waals surface area contributed by atoms with Crippen molar-refractivity contribution < 1.29 is 27.4 Å². The molecule has 0 atom stereocenters. The lowest BCUT2D eigenvalue weighted by Gasteiger charge is -2.13. The van der Waals surface area contributed by atoms with Crippen molar-refractivity contribution >= 4 is 17.7 Å². The molecule has 0 radical (unpaired) electrons. The van der Waals surface area contributed by atoms with Crippen LogP contribution in [-0.4, -0.2) is 25.2 Å². The second kappa shape index (κ2) is 7.22. The molecule has 0 amide bonds. The van der Waals surface area contributed by atoms with Gasteiger partial charge in [0, 0.05) is 10.5 Å². The third kappa shape index (κ3) is 5.19. The number of thioether (sulfide) groups is 1. The number of alkyl halides is 3. The first-order valence-electron chi connectivity index (χ1n) is 5.83. The molecule has 1 aromatic carbocycles. The minimum Gasteiger partial charge on any atom is -0.496 e. The van der Waals surface area contributed by atoms with Crippen LogP contribution in [0.3, 0.4) is 0 Å². The highest BCUT2D eigenvalue weighted by Crippen LogP contribution is 2.40. The van der Waals surface area contributed by atoms with E-state index in [1.807, 2.05) is 0 Å². The van der Waals surface area contributed by atoms with Crippen LogP contribution < -0.4 is 4.74 Å². The van der Waals surface area contributed by atoms with E-state index in [1.54, 1.807) is 13.0 Å². The molecule has 0 unspecified atom stereocenters. The molecule has 1 aromatic rings. The maximum Gasteiger partial charge on any atom is 0.446 e. The number of ether oxygens (including phenoxy) is 2. The number of nitrogens with zero attached hydrogens (tertiary/aromatic N) is 1. The van der Waals surface area contributed by atoms with Crippen LogP contribution in [0.4, 0.5) is 13.2 Å². The molecular weight excluding hydrogens is 307 g/mol. The SMILES string of the molecule is CCOC(=O)Cc1cc(C#N)c(SC(F)(F)F)cc1OC. The Morgan fingerprint density at radius 2 is 2.10 bits per heavy atom. The summed E-state index contributed by atoms with van der Waals surface area (Å²) in [5, 5.41) is 8.95. The van der Waals surface area contributed by atoms with E-state index in [4.69, 9.17) is 14.7 Å². The van der Waals surface area contributed by atoms with E-state index in [2.05, 4.69) is 0 Å². The van der Waals surface area contributed by atoms with Gasteiger partial charge in [-0.15, -0.1) is 0 Å². The van der Waals surface area contributed by atoms with Gasteiger partial charge in [-0.3, -0.25) is 4.79 Å². The third-order valence-corrected chi connectivity index (χ3v) is 3.16. The van der Waals surface area contributed by atoms with Gasteiger partial charge in [-0.05, 0) is 30.8 Å². The van der Waals surface area contributed by atoms with Crippen LogP contribution in [0.25, 0.3) is 0 Å². The molecule has 0 heterocycles. The maximum atomic E-state index is 12.4. The van der Waals surface area contributed by atoms with Crippen LogP contribution in [0.2, 0.25) is 0 Å². The Morgan fingerprint density at radius 1 is 1.43 bits per heavy atom. The lowest BCUT2D eigenvalue weighted by Crippen LogP contribution is -2.09. The van der Waals surface area contributed by atoms with Crippen molar-refractivity contribution in [2.24, 2.45) is 0 Å². The Bertz CT molecular complexity index is 567. The van der Waals surface area contributed by atoms with Crippen LogP contribution in [0.1, 0.15) is 18.1 Å². The molecular formula is C13H12F3NO3S. The number of carbonyl (C=O) groups excluding carboxylic acids is 1. The van der Waals surface area contributed by atoms with E-state index in [0.717, 1.165) is 6.07 Å². The van der Waals surface area contributed by atoms with Crippen molar-refractivity contribution in [3.8, 4) is 11.8 Å². The summed E-state index contributed by atoms with van der Waals surface area (Å²) < 4.78 is 47.1. The number of carbonyl (C=O) groups is 1. The Balaban J connectivity index is 3.17. The van der Waals surface area contributed by atoms with E-state index >= 15 is 0 Å². The monoisotopic (exact) mass is 319 g/mol. The van der Waals surface area contributed by atoms with Crippen molar-refractivity contribution in [2.75, 3.05) is 13.7 Å². The van der Waals surface area contributed by atoms with Crippen molar-refractivity contribution in [3.63, 3.8) is 0 Å². The van der Waals surface area contributed by atoms with Crippen molar-refractivity contribution in [1.29, 1.82) is 5.26 Å². The first-order chi connectivity index (χ1) is 9.80. The third-order valence-electron chi connectivity index (χ3n) is 2.37. The van der Waals surface area contributed by atoms with Crippen LogP contribution in [0.15, 0.2) is 17.0 Å². The highest BCUT2D eigenvalue weighted by molar-refractivity contribution is 8.00. The van der Waals surface area contributed by atoms with Gasteiger partial charge in [0.15, 0.2) is 0 Å². The minimum absolute atomic E-state index is 0.105. The average molecular weight is 319 g/mol. The fourth-order valence-corrected chi connectivity index (χ4v) is 2.23. The smallest absolute Gasteiger partial charge is 0.446 e. The van der Waals surface area contributed by atoms with Gasteiger partial charge in [0.1, 0.15) is 11.8 Å². The van der Waals surface area contributed by atoms with E-state index in [-0.39, 0.29) is 29.2 Å². The van der Waals surface area contributed by atoms with Gasteiger partial charge in [0.2, 0.25) is 0 Å². The molecule has 21 heavy (non-hydrogen) atoms. The zero-order chi connectivity index (χ0) is 16.0. The van der Waals surface area contributed by atoms with Gasteiger partial charge < -0.3 is 9.47 Å². The topological polar surface area (TPSA) is 59.3 Å². The Labute approximate surface area is 123 Å². The second-order valence-corrected chi connectivity index (χ2v) is 4.91. The molecule has 0 aromatic heterocycles. The predicted molar refractivity (Wildman–Crippen MR) is 70.0 cm³/mol. The number of hydrogen-bond donors (Lipinski definition) is 0. The standard InChI is InChI=1S/C13H12F3NO3S/c1-3-20-12(18)5-8-4-9(7-17)11(6-10(8)19-2)21-13(14,15)16/h4,6H,3,5H2,1-2H3. The van der Waals surface area contributed by atoms with Crippen molar-refractivity contribution in [1.82, 2.24) is 0 Å². The van der Waals surface area contributed by atoms with Gasteiger partial charge >= 0.3 is 11.5 Å². The van der Waals surface area contributed by atoms with Gasteiger partial charge in [-0.2, -0.15) is 18.4 Å². The Hall–Kier alpha value is -1.88. The number of methoxy groups -OCH3 is 1. The summed E-state index contributed by atoms with van der Waals surface area (Å²) in [5.74, 6) is -0.440. The highest BCUT2D eigenvalue weighted by Gasteiger charge is 2.31. The largest absolute Gasteiger partial charge is 0.496 e. The summed E-state index contributed by atoms with van der Waals surface area (Å²) in [5.41, 5.74) is -4.38. The number of nitriles is 1. The summed E-state index contributed by atoms with van der Waals surface area (Å²) in [6, 6.07) is 4.00. The van der Waals surface area contributed by atoms with Gasteiger partial charge in [-0.25, -0.2) is 0 Å². The summed E-state index contributed by atoms with van der Waals surface area (Å²) in [7, 11) is 1.28. The summed E-state index contributed by atoms with van der Waals surface area (Å²) in [4.78, 5) is 11.2. The molecule has 0 saturated carbocycles. The molecule has 0 aliphatic carbocycles. The number of hydrogen-bond acceptors (Lipinski definition) is 5. The molecule has 4 nitrogen and oxygen atoms in total. The molecule has 8 heteroatoms. The predicted octanol–water partition coefficient (Wildman–Crippen LogP) is 3.28. The van der Waals surface area contributed by atoms with Crippen LogP contribution >= 0.6 is 11.8 Å². The van der Waals surface area contributed by atoms with E-state index in [1.165, 1.54) is 13.2 Å². The molecule has 0 N–H and O–H groups in total. The van der Waals surface area contributed by atoms with Gasteiger partial charge in [-0.1, -0.05) is 0 Å². The number of halogens is 3. The van der Waals surface area contributed by atoms with E-state index < -0.39 is 23.2 Å². The molecule has 0 spiro atoms. The van der Waals surface area contributed by atoms with Crippen molar-refractivity contribution in [2.45, 2.75) is 23.7 Å². The molecule has 114 valence electrons.